The largest absolute Gasteiger partial charge is 0.496 e. The van der Waals surface area contributed by atoms with Gasteiger partial charge < -0.3 is 15.0 Å². The molecule has 1 atom stereocenters. The minimum atomic E-state index is -0.611. The second kappa shape index (κ2) is 8.17. The summed E-state index contributed by atoms with van der Waals surface area (Å²) in [4.78, 5) is 36.9. The maximum atomic E-state index is 12.4. The number of methoxy groups -OCH3 is 1. The highest BCUT2D eigenvalue weighted by molar-refractivity contribution is 6.31. The van der Waals surface area contributed by atoms with Gasteiger partial charge in [-0.3, -0.25) is 14.9 Å². The minimum Gasteiger partial charge on any atom is -0.496 e. The van der Waals surface area contributed by atoms with Crippen LogP contribution in [0.15, 0.2) is 12.1 Å². The Kier molecular flexibility index (Phi) is 5.89. The van der Waals surface area contributed by atoms with Crippen molar-refractivity contribution in [2.45, 2.75) is 44.6 Å². The number of amides is 4. The molecule has 0 radical (unpaired) electrons. The van der Waals surface area contributed by atoms with Gasteiger partial charge in [-0.15, -0.1) is 0 Å². The number of carbonyl (C=O) groups is 3. The van der Waals surface area contributed by atoms with E-state index in [-0.39, 0.29) is 18.2 Å². The third kappa shape index (κ3) is 4.35. The molecule has 0 aromatic heterocycles. The lowest BCUT2D eigenvalue weighted by Gasteiger charge is -2.33. The van der Waals surface area contributed by atoms with Gasteiger partial charge >= 0.3 is 6.03 Å². The van der Waals surface area contributed by atoms with Crippen LogP contribution in [0.2, 0.25) is 5.02 Å². The van der Waals surface area contributed by atoms with Crippen LogP contribution in [0.4, 0.5) is 4.79 Å². The van der Waals surface area contributed by atoms with Crippen LogP contribution in [0, 0.1) is 6.92 Å². The second-order valence-corrected chi connectivity index (χ2v) is 7.46. The van der Waals surface area contributed by atoms with Crippen LogP contribution in [0.5, 0.6) is 5.75 Å². The molecule has 2 N–H and O–H groups in total. The number of carbonyl (C=O) groups excluding carboxylic acids is 3. The fourth-order valence-corrected chi connectivity index (χ4v) is 3.86. The van der Waals surface area contributed by atoms with Gasteiger partial charge in [0.2, 0.25) is 5.91 Å². The number of nitrogens with zero attached hydrogens (tertiary/aromatic N) is 1. The number of likely N-dealkylation sites (tertiary alicyclic amines) is 1. The van der Waals surface area contributed by atoms with Crippen LogP contribution in [0.1, 0.15) is 42.7 Å². The summed E-state index contributed by atoms with van der Waals surface area (Å²) in [5, 5.41) is 5.38. The molecule has 7 nitrogen and oxygen atoms in total. The molecule has 2 aliphatic heterocycles. The topological polar surface area (TPSA) is 87.7 Å². The van der Waals surface area contributed by atoms with Crippen LogP contribution < -0.4 is 15.4 Å². The lowest BCUT2D eigenvalue weighted by Crippen LogP contribution is -2.39. The zero-order valence-corrected chi connectivity index (χ0v) is 16.3. The first-order valence-corrected chi connectivity index (χ1v) is 9.50. The second-order valence-electron chi connectivity index (χ2n) is 7.05. The Morgan fingerprint density at radius 1 is 1.30 bits per heavy atom. The summed E-state index contributed by atoms with van der Waals surface area (Å²) >= 11 is 6.19. The van der Waals surface area contributed by atoms with Crippen molar-refractivity contribution in [3.8, 4) is 5.75 Å². The molecule has 2 aliphatic rings. The van der Waals surface area contributed by atoms with E-state index in [9.17, 15) is 14.4 Å². The van der Waals surface area contributed by atoms with E-state index in [0.717, 1.165) is 29.7 Å². The monoisotopic (exact) mass is 393 g/mol. The maximum Gasteiger partial charge on any atom is 0.322 e. The van der Waals surface area contributed by atoms with Gasteiger partial charge in [0.25, 0.3) is 5.91 Å². The molecule has 0 bridgehead atoms. The van der Waals surface area contributed by atoms with Crippen LogP contribution in [0.25, 0.3) is 0 Å². The molecule has 1 aromatic carbocycles. The summed E-state index contributed by atoms with van der Waals surface area (Å²) in [6.45, 7) is 3.30. The number of ether oxygens (including phenoxy) is 1. The fourth-order valence-electron chi connectivity index (χ4n) is 3.71. The van der Waals surface area contributed by atoms with E-state index in [0.29, 0.717) is 30.5 Å². The normalized spacial score (nSPS) is 20.4. The van der Waals surface area contributed by atoms with Crippen LogP contribution in [-0.2, 0) is 9.59 Å². The van der Waals surface area contributed by atoms with Gasteiger partial charge in [-0.05, 0) is 49.3 Å². The van der Waals surface area contributed by atoms with E-state index < -0.39 is 12.1 Å². The van der Waals surface area contributed by atoms with E-state index in [1.807, 2.05) is 17.9 Å². The summed E-state index contributed by atoms with van der Waals surface area (Å²) in [6.07, 6.45) is 2.26. The summed E-state index contributed by atoms with van der Waals surface area (Å²) in [7, 11) is 1.64. The average Bonchev–Trinajstić information content (AvgIpc) is 2.99. The number of hydrogen-bond acceptors (Lipinski definition) is 4. The smallest absolute Gasteiger partial charge is 0.322 e. The van der Waals surface area contributed by atoms with Gasteiger partial charge in [0.1, 0.15) is 11.8 Å². The molecule has 146 valence electrons. The Bertz CT molecular complexity index is 760. The van der Waals surface area contributed by atoms with Crippen molar-refractivity contribution >= 4 is 29.4 Å². The number of rotatable bonds is 5. The Morgan fingerprint density at radius 2 is 2.00 bits per heavy atom. The molecule has 4 amide bonds. The molecule has 8 heteroatoms. The first-order chi connectivity index (χ1) is 12.9. The number of halogens is 1. The van der Waals surface area contributed by atoms with Crippen molar-refractivity contribution in [1.29, 1.82) is 0 Å². The third-order valence-electron chi connectivity index (χ3n) is 5.30. The van der Waals surface area contributed by atoms with Crippen LogP contribution in [-0.4, -0.2) is 49.0 Å². The summed E-state index contributed by atoms with van der Waals surface area (Å²) < 4.78 is 5.49. The Balaban J connectivity index is 1.54. The molecular formula is C19H24ClN3O4. The van der Waals surface area contributed by atoms with E-state index in [4.69, 9.17) is 16.3 Å². The number of hydrogen-bond donors (Lipinski definition) is 2. The van der Waals surface area contributed by atoms with Crippen LogP contribution in [0.3, 0.4) is 0 Å². The van der Waals surface area contributed by atoms with Crippen molar-refractivity contribution < 1.29 is 19.1 Å². The van der Waals surface area contributed by atoms with Crippen molar-refractivity contribution in [1.82, 2.24) is 15.5 Å². The quantitative estimate of drug-likeness (QED) is 0.751. The van der Waals surface area contributed by atoms with Gasteiger partial charge in [0.05, 0.1) is 7.11 Å². The summed E-state index contributed by atoms with van der Waals surface area (Å²) in [5.74, 6) is 0.761. The highest BCUT2D eigenvalue weighted by atomic mass is 35.5. The van der Waals surface area contributed by atoms with E-state index >= 15 is 0 Å². The van der Waals surface area contributed by atoms with E-state index in [1.54, 1.807) is 7.11 Å². The Labute approximate surface area is 163 Å². The molecule has 1 aromatic rings. The molecule has 2 heterocycles. The highest BCUT2D eigenvalue weighted by Crippen LogP contribution is 2.37. The SMILES string of the molecule is COc1cc(Cl)c(C)cc1C1CCN(C(=O)CC[C@H]2NC(=O)NC2=O)CC1. The van der Waals surface area contributed by atoms with E-state index in [2.05, 4.69) is 16.7 Å². The summed E-state index contributed by atoms with van der Waals surface area (Å²) in [6, 6.07) is 2.82. The fraction of sp³-hybridized carbons (Fsp3) is 0.526. The van der Waals surface area contributed by atoms with Crippen molar-refractivity contribution in [2.24, 2.45) is 0 Å². The first kappa shape index (κ1) is 19.5. The van der Waals surface area contributed by atoms with Crippen molar-refractivity contribution in [2.75, 3.05) is 20.2 Å². The van der Waals surface area contributed by atoms with E-state index in [1.165, 1.54) is 0 Å². The first-order valence-electron chi connectivity index (χ1n) is 9.12. The number of nitrogens with one attached hydrogen (secondary N) is 2. The number of benzene rings is 1. The van der Waals surface area contributed by atoms with Crippen molar-refractivity contribution in [3.63, 3.8) is 0 Å². The highest BCUT2D eigenvalue weighted by Gasteiger charge is 2.31. The molecule has 2 saturated heterocycles. The number of imide groups is 1. The lowest BCUT2D eigenvalue weighted by atomic mass is 9.87. The maximum absolute atomic E-state index is 12.4. The molecule has 3 rings (SSSR count). The van der Waals surface area contributed by atoms with Crippen LogP contribution >= 0.6 is 11.6 Å². The molecule has 0 saturated carbocycles. The molecule has 27 heavy (non-hydrogen) atoms. The summed E-state index contributed by atoms with van der Waals surface area (Å²) in [5.41, 5.74) is 2.15. The van der Waals surface area contributed by atoms with Gasteiger partial charge in [-0.25, -0.2) is 4.79 Å². The molecule has 0 aliphatic carbocycles. The molecule has 0 spiro atoms. The average molecular weight is 394 g/mol. The van der Waals surface area contributed by atoms with Gasteiger partial charge in [0, 0.05) is 24.5 Å². The number of piperidine rings is 1. The van der Waals surface area contributed by atoms with Crippen molar-refractivity contribution in [3.05, 3.63) is 28.3 Å². The number of aryl methyl sites for hydroxylation is 1. The molecule has 2 fully saturated rings. The standard InChI is InChI=1S/C19H24ClN3O4/c1-11-9-13(16(27-2)10-14(11)20)12-5-7-23(8-6-12)17(24)4-3-15-18(25)22-19(26)21-15/h9-10,12,15H,3-8H2,1-2H3,(H2,21,22,25,26)/t15-/m1/s1. The van der Waals surface area contributed by atoms with Gasteiger partial charge in [0.15, 0.2) is 0 Å². The Hall–Kier alpha value is -2.28. The zero-order valence-electron chi connectivity index (χ0n) is 15.5. The minimum absolute atomic E-state index is 0.0154. The zero-order chi connectivity index (χ0) is 19.6. The molecule has 0 unspecified atom stereocenters. The third-order valence-corrected chi connectivity index (χ3v) is 5.71. The Morgan fingerprint density at radius 3 is 2.59 bits per heavy atom. The van der Waals surface area contributed by atoms with Gasteiger partial charge in [-0.2, -0.15) is 0 Å². The van der Waals surface area contributed by atoms with Gasteiger partial charge in [-0.1, -0.05) is 17.7 Å². The molecular weight excluding hydrogens is 370 g/mol. The lowest BCUT2D eigenvalue weighted by molar-refractivity contribution is -0.132. The number of urea groups is 1. The predicted molar refractivity (Wildman–Crippen MR) is 101 cm³/mol. The predicted octanol–water partition coefficient (Wildman–Crippen LogP) is 2.35.